The highest BCUT2D eigenvalue weighted by atomic mass is 31.0. The van der Waals surface area contributed by atoms with Crippen LogP contribution in [-0.2, 0) is 6.16 Å². The summed E-state index contributed by atoms with van der Waals surface area (Å²) in [7, 11) is 2.71. The molecule has 0 saturated heterocycles. The smallest absolute Gasteiger partial charge is 0.0937 e. The minimum atomic E-state index is 0.489. The molecule has 0 aliphatic carbocycles. The van der Waals surface area contributed by atoms with Crippen molar-refractivity contribution in [2.24, 2.45) is 0 Å². The van der Waals surface area contributed by atoms with Gasteiger partial charge in [0.15, 0.2) is 0 Å². The summed E-state index contributed by atoms with van der Waals surface area (Å²) in [5.41, 5.74) is 10.1. The molecule has 2 aromatic rings. The van der Waals surface area contributed by atoms with Crippen molar-refractivity contribution in [1.82, 2.24) is 4.98 Å². The van der Waals surface area contributed by atoms with Crippen LogP contribution in [0.2, 0.25) is 0 Å². The maximum Gasteiger partial charge on any atom is 0.0937 e. The highest BCUT2D eigenvalue weighted by Crippen LogP contribution is 2.28. The lowest BCUT2D eigenvalue weighted by Gasteiger charge is -2.12. The molecule has 0 bridgehead atoms. The molecule has 2 nitrogen and oxygen atoms in total. The Morgan fingerprint density at radius 1 is 1.38 bits per heavy atom. The van der Waals surface area contributed by atoms with Crippen LogP contribution in [-0.4, -0.2) is 4.98 Å². The van der Waals surface area contributed by atoms with Crippen molar-refractivity contribution in [1.29, 1.82) is 0 Å². The minimum absolute atomic E-state index is 0.489. The van der Waals surface area contributed by atoms with Gasteiger partial charge in [0, 0.05) is 17.2 Å². The molecular formula is C13H17N2P. The van der Waals surface area contributed by atoms with Gasteiger partial charge < -0.3 is 5.73 Å². The molecule has 1 atom stereocenters. The van der Waals surface area contributed by atoms with E-state index < -0.39 is 0 Å². The lowest BCUT2D eigenvalue weighted by molar-refractivity contribution is 0.871. The molecule has 0 aliphatic heterocycles. The van der Waals surface area contributed by atoms with Crippen molar-refractivity contribution in [3.8, 4) is 0 Å². The number of anilines is 1. The maximum absolute atomic E-state index is 5.98. The average Bonchev–Trinajstić information content (AvgIpc) is 2.28. The van der Waals surface area contributed by atoms with Crippen molar-refractivity contribution in [3.05, 3.63) is 35.5 Å². The third-order valence-electron chi connectivity index (χ3n) is 2.79. The SMILES string of the molecule is CC(C)c1cc(CP)nc2c(N)cccc12. The number of hydrogen-bond donors (Lipinski definition) is 1. The molecule has 1 aromatic carbocycles. The molecule has 0 fully saturated rings. The summed E-state index contributed by atoms with van der Waals surface area (Å²) in [5.74, 6) is 0.489. The van der Waals surface area contributed by atoms with Gasteiger partial charge in [-0.2, -0.15) is 0 Å². The van der Waals surface area contributed by atoms with Crippen LogP contribution in [0.15, 0.2) is 24.3 Å². The van der Waals surface area contributed by atoms with E-state index in [1.165, 1.54) is 10.9 Å². The largest absolute Gasteiger partial charge is 0.397 e. The highest BCUT2D eigenvalue weighted by molar-refractivity contribution is 7.15. The number of para-hydroxylation sites is 1. The zero-order valence-electron chi connectivity index (χ0n) is 9.70. The molecule has 0 saturated carbocycles. The molecule has 3 heteroatoms. The third kappa shape index (κ3) is 1.90. The van der Waals surface area contributed by atoms with Gasteiger partial charge in [-0.3, -0.25) is 4.98 Å². The second-order valence-electron chi connectivity index (χ2n) is 4.31. The Kier molecular flexibility index (Phi) is 3.11. The fourth-order valence-electron chi connectivity index (χ4n) is 1.93. The lowest BCUT2D eigenvalue weighted by atomic mass is 9.97. The Hall–Kier alpha value is -1.14. The molecule has 0 aliphatic rings. The van der Waals surface area contributed by atoms with Crippen molar-refractivity contribution in [2.45, 2.75) is 25.9 Å². The van der Waals surface area contributed by atoms with E-state index in [9.17, 15) is 0 Å². The number of benzene rings is 1. The fraction of sp³-hybridized carbons (Fsp3) is 0.308. The van der Waals surface area contributed by atoms with E-state index in [4.69, 9.17) is 5.73 Å². The van der Waals surface area contributed by atoms with E-state index in [0.717, 1.165) is 23.1 Å². The summed E-state index contributed by atoms with van der Waals surface area (Å²) in [6.07, 6.45) is 0.865. The molecule has 84 valence electrons. The summed E-state index contributed by atoms with van der Waals surface area (Å²) in [6, 6.07) is 8.18. The fourth-order valence-corrected chi connectivity index (χ4v) is 2.14. The van der Waals surface area contributed by atoms with Crippen LogP contribution in [0.25, 0.3) is 10.9 Å². The normalized spacial score (nSPS) is 11.2. The van der Waals surface area contributed by atoms with E-state index in [0.29, 0.717) is 5.92 Å². The van der Waals surface area contributed by atoms with Gasteiger partial charge in [0.1, 0.15) is 0 Å². The van der Waals surface area contributed by atoms with Gasteiger partial charge in [-0.1, -0.05) is 26.0 Å². The van der Waals surface area contributed by atoms with Crippen molar-refractivity contribution >= 4 is 25.8 Å². The Morgan fingerprint density at radius 3 is 2.75 bits per heavy atom. The first-order chi connectivity index (χ1) is 7.63. The summed E-state index contributed by atoms with van der Waals surface area (Å²) in [5, 5.41) is 1.18. The van der Waals surface area contributed by atoms with Crippen LogP contribution in [0.1, 0.15) is 31.0 Å². The van der Waals surface area contributed by atoms with Crippen LogP contribution < -0.4 is 5.73 Å². The molecule has 0 radical (unpaired) electrons. The van der Waals surface area contributed by atoms with E-state index >= 15 is 0 Å². The Balaban J connectivity index is 2.82. The Labute approximate surface area is 98.5 Å². The van der Waals surface area contributed by atoms with Crippen LogP contribution >= 0.6 is 9.24 Å². The first kappa shape index (κ1) is 11.3. The predicted octanol–water partition coefficient (Wildman–Crippen LogP) is 3.32. The first-order valence-electron chi connectivity index (χ1n) is 5.51. The zero-order valence-corrected chi connectivity index (χ0v) is 10.9. The van der Waals surface area contributed by atoms with Gasteiger partial charge in [0.05, 0.1) is 11.2 Å². The maximum atomic E-state index is 5.98. The molecule has 2 rings (SSSR count). The number of nitrogens with zero attached hydrogens (tertiary/aromatic N) is 1. The highest BCUT2D eigenvalue weighted by Gasteiger charge is 2.09. The number of fused-ring (bicyclic) bond motifs is 1. The van der Waals surface area contributed by atoms with Crippen LogP contribution in [0.4, 0.5) is 5.69 Å². The van der Waals surface area contributed by atoms with Crippen LogP contribution in [0.5, 0.6) is 0 Å². The number of rotatable bonds is 2. The van der Waals surface area contributed by atoms with Gasteiger partial charge in [-0.15, -0.1) is 9.24 Å². The number of pyridine rings is 1. The molecule has 1 heterocycles. The molecule has 16 heavy (non-hydrogen) atoms. The molecular weight excluding hydrogens is 215 g/mol. The second-order valence-corrected chi connectivity index (χ2v) is 4.71. The number of nitrogen functional groups attached to an aromatic ring is 1. The summed E-state index contributed by atoms with van der Waals surface area (Å²) in [4.78, 5) is 4.59. The number of aromatic nitrogens is 1. The van der Waals surface area contributed by atoms with E-state index in [1.807, 2.05) is 12.1 Å². The van der Waals surface area contributed by atoms with Gasteiger partial charge in [0.2, 0.25) is 0 Å². The molecule has 0 amide bonds. The second kappa shape index (κ2) is 4.39. The minimum Gasteiger partial charge on any atom is -0.397 e. The first-order valence-corrected chi connectivity index (χ1v) is 6.33. The van der Waals surface area contributed by atoms with Crippen LogP contribution in [0, 0.1) is 0 Å². The number of nitrogens with two attached hydrogens (primary N) is 1. The van der Waals surface area contributed by atoms with Crippen molar-refractivity contribution in [2.75, 3.05) is 5.73 Å². The van der Waals surface area contributed by atoms with Crippen LogP contribution in [0.3, 0.4) is 0 Å². The quantitative estimate of drug-likeness (QED) is 0.637. The standard InChI is InChI=1S/C13H17N2P/c1-8(2)11-6-9(7-16)15-13-10(11)4-3-5-12(13)14/h3-6,8H,7,14,16H2,1-2H3. The summed E-state index contributed by atoms with van der Waals surface area (Å²) in [6.45, 7) is 4.40. The summed E-state index contributed by atoms with van der Waals surface area (Å²) < 4.78 is 0. The zero-order chi connectivity index (χ0) is 11.7. The molecule has 1 aromatic heterocycles. The van der Waals surface area contributed by atoms with Crippen molar-refractivity contribution < 1.29 is 0 Å². The van der Waals surface area contributed by atoms with Crippen molar-refractivity contribution in [3.63, 3.8) is 0 Å². The Bertz CT molecular complexity index is 521. The molecule has 0 spiro atoms. The molecule has 1 unspecified atom stereocenters. The van der Waals surface area contributed by atoms with Gasteiger partial charge in [0.25, 0.3) is 0 Å². The van der Waals surface area contributed by atoms with E-state index in [1.54, 1.807) is 0 Å². The van der Waals surface area contributed by atoms with E-state index in [-0.39, 0.29) is 0 Å². The third-order valence-corrected chi connectivity index (χ3v) is 3.21. The summed E-state index contributed by atoms with van der Waals surface area (Å²) >= 11 is 0. The molecule has 2 N–H and O–H groups in total. The van der Waals surface area contributed by atoms with Gasteiger partial charge in [-0.05, 0) is 23.6 Å². The van der Waals surface area contributed by atoms with E-state index in [2.05, 4.69) is 40.2 Å². The Morgan fingerprint density at radius 2 is 2.12 bits per heavy atom. The number of hydrogen-bond acceptors (Lipinski definition) is 2. The average molecular weight is 232 g/mol. The monoisotopic (exact) mass is 232 g/mol. The lowest BCUT2D eigenvalue weighted by Crippen LogP contribution is -1.98. The van der Waals surface area contributed by atoms with Gasteiger partial charge >= 0.3 is 0 Å². The predicted molar refractivity (Wildman–Crippen MR) is 73.7 cm³/mol. The van der Waals surface area contributed by atoms with Gasteiger partial charge in [-0.25, -0.2) is 0 Å². The topological polar surface area (TPSA) is 38.9 Å².